The number of aryl methyl sites for hydroxylation is 2. The lowest BCUT2D eigenvalue weighted by Crippen LogP contribution is -2.35. The molecule has 0 atom stereocenters. The van der Waals surface area contributed by atoms with Crippen molar-refractivity contribution in [3.63, 3.8) is 0 Å². The molecule has 1 aliphatic rings. The number of ether oxygens (including phenoxy) is 1. The SMILES string of the molecule is Cc1ccc(C2=C(Nc3cccc(C)c3)C(=O)N(CCOC(C)C)C2=O)cc1. The van der Waals surface area contributed by atoms with Crippen LogP contribution in [0.25, 0.3) is 5.57 Å². The summed E-state index contributed by atoms with van der Waals surface area (Å²) < 4.78 is 5.54. The fourth-order valence-corrected chi connectivity index (χ4v) is 3.13. The Morgan fingerprint density at radius 1 is 0.964 bits per heavy atom. The van der Waals surface area contributed by atoms with Gasteiger partial charge in [0.2, 0.25) is 0 Å². The third-order valence-electron chi connectivity index (χ3n) is 4.56. The normalized spacial score (nSPS) is 14.4. The van der Waals surface area contributed by atoms with Gasteiger partial charge in [-0.15, -0.1) is 0 Å². The molecule has 146 valence electrons. The van der Waals surface area contributed by atoms with Crippen molar-refractivity contribution >= 4 is 23.1 Å². The van der Waals surface area contributed by atoms with Crippen molar-refractivity contribution in [2.75, 3.05) is 18.5 Å². The van der Waals surface area contributed by atoms with Crippen molar-refractivity contribution < 1.29 is 14.3 Å². The second-order valence-electron chi connectivity index (χ2n) is 7.29. The topological polar surface area (TPSA) is 58.6 Å². The van der Waals surface area contributed by atoms with Crippen LogP contribution in [0.3, 0.4) is 0 Å². The molecule has 0 saturated heterocycles. The molecular weight excluding hydrogens is 352 g/mol. The highest BCUT2D eigenvalue weighted by Crippen LogP contribution is 2.30. The third kappa shape index (κ3) is 4.31. The van der Waals surface area contributed by atoms with Crippen LogP contribution in [0, 0.1) is 13.8 Å². The first kappa shape index (κ1) is 19.8. The number of nitrogens with one attached hydrogen (secondary N) is 1. The summed E-state index contributed by atoms with van der Waals surface area (Å²) in [6.45, 7) is 8.36. The summed E-state index contributed by atoms with van der Waals surface area (Å²) in [5.74, 6) is -0.620. The van der Waals surface area contributed by atoms with Crippen LogP contribution in [0.1, 0.15) is 30.5 Å². The van der Waals surface area contributed by atoms with Crippen molar-refractivity contribution in [3.8, 4) is 0 Å². The molecule has 0 aliphatic carbocycles. The van der Waals surface area contributed by atoms with Crippen LogP contribution in [-0.2, 0) is 14.3 Å². The lowest BCUT2D eigenvalue weighted by atomic mass is 10.0. The predicted molar refractivity (Wildman–Crippen MR) is 111 cm³/mol. The van der Waals surface area contributed by atoms with Crippen molar-refractivity contribution in [1.82, 2.24) is 4.90 Å². The summed E-state index contributed by atoms with van der Waals surface area (Å²) in [5, 5.41) is 3.18. The number of carbonyl (C=O) groups is 2. The van der Waals surface area contributed by atoms with Crippen LogP contribution >= 0.6 is 0 Å². The summed E-state index contributed by atoms with van der Waals surface area (Å²) in [4.78, 5) is 27.4. The van der Waals surface area contributed by atoms with E-state index in [-0.39, 0.29) is 24.5 Å². The van der Waals surface area contributed by atoms with E-state index in [9.17, 15) is 9.59 Å². The maximum Gasteiger partial charge on any atom is 0.278 e. The van der Waals surface area contributed by atoms with Gasteiger partial charge in [0, 0.05) is 5.69 Å². The van der Waals surface area contributed by atoms with Gasteiger partial charge in [-0.1, -0.05) is 42.0 Å². The van der Waals surface area contributed by atoms with Crippen LogP contribution in [-0.4, -0.2) is 36.0 Å². The molecule has 1 aliphatic heterocycles. The molecule has 1 heterocycles. The highest BCUT2D eigenvalue weighted by atomic mass is 16.5. The Morgan fingerprint density at radius 3 is 2.32 bits per heavy atom. The Kier molecular flexibility index (Phi) is 5.95. The van der Waals surface area contributed by atoms with Crippen molar-refractivity contribution in [1.29, 1.82) is 0 Å². The predicted octanol–water partition coefficient (Wildman–Crippen LogP) is 3.92. The fraction of sp³-hybridized carbons (Fsp3) is 0.304. The number of hydrogen-bond acceptors (Lipinski definition) is 4. The highest BCUT2D eigenvalue weighted by molar-refractivity contribution is 6.36. The van der Waals surface area contributed by atoms with Gasteiger partial charge in [0.05, 0.1) is 24.8 Å². The summed E-state index contributed by atoms with van der Waals surface area (Å²) in [7, 11) is 0. The standard InChI is InChI=1S/C23H26N2O3/c1-15(2)28-13-12-25-22(26)20(18-10-8-16(3)9-11-18)21(23(25)27)24-19-7-5-6-17(4)14-19/h5-11,14-15,24H,12-13H2,1-4H3. The van der Waals surface area contributed by atoms with Crippen LogP contribution in [0.2, 0.25) is 0 Å². The van der Waals surface area contributed by atoms with Crippen LogP contribution in [0.5, 0.6) is 0 Å². The van der Waals surface area contributed by atoms with Crippen LogP contribution in [0.15, 0.2) is 54.2 Å². The molecule has 2 aromatic rings. The first-order valence-corrected chi connectivity index (χ1v) is 9.49. The molecule has 1 N–H and O–H groups in total. The average molecular weight is 378 g/mol. The molecule has 0 radical (unpaired) electrons. The second-order valence-corrected chi connectivity index (χ2v) is 7.29. The van der Waals surface area contributed by atoms with E-state index in [4.69, 9.17) is 4.74 Å². The molecule has 3 rings (SSSR count). The van der Waals surface area contributed by atoms with Gasteiger partial charge in [0.1, 0.15) is 5.70 Å². The van der Waals surface area contributed by atoms with E-state index < -0.39 is 0 Å². The molecule has 28 heavy (non-hydrogen) atoms. The van der Waals surface area contributed by atoms with Gasteiger partial charge in [-0.3, -0.25) is 14.5 Å². The minimum atomic E-state index is -0.325. The highest BCUT2D eigenvalue weighted by Gasteiger charge is 2.39. The van der Waals surface area contributed by atoms with E-state index in [2.05, 4.69) is 5.32 Å². The van der Waals surface area contributed by atoms with Crippen molar-refractivity contribution in [2.24, 2.45) is 0 Å². The number of hydrogen-bond donors (Lipinski definition) is 1. The molecule has 0 spiro atoms. The number of rotatable bonds is 7. The van der Waals surface area contributed by atoms with Crippen molar-refractivity contribution in [2.45, 2.75) is 33.8 Å². The molecule has 2 aromatic carbocycles. The molecule has 2 amide bonds. The largest absolute Gasteiger partial charge is 0.377 e. The summed E-state index contributed by atoms with van der Waals surface area (Å²) in [5.41, 5.74) is 4.38. The Labute approximate surface area is 166 Å². The lowest BCUT2D eigenvalue weighted by Gasteiger charge is -2.16. The zero-order valence-corrected chi connectivity index (χ0v) is 16.8. The van der Waals surface area contributed by atoms with Gasteiger partial charge in [-0.05, 0) is 51.0 Å². The molecule has 0 fully saturated rings. The Morgan fingerprint density at radius 2 is 1.68 bits per heavy atom. The molecular formula is C23H26N2O3. The van der Waals surface area contributed by atoms with E-state index in [1.54, 1.807) is 0 Å². The van der Waals surface area contributed by atoms with E-state index in [0.29, 0.717) is 17.9 Å². The Hall–Kier alpha value is -2.92. The van der Waals surface area contributed by atoms with E-state index >= 15 is 0 Å². The van der Waals surface area contributed by atoms with Crippen molar-refractivity contribution in [3.05, 3.63) is 70.9 Å². The molecule has 0 bridgehead atoms. The first-order chi connectivity index (χ1) is 13.4. The van der Waals surface area contributed by atoms with E-state index in [0.717, 1.165) is 22.4 Å². The van der Waals surface area contributed by atoms with Gasteiger partial charge < -0.3 is 10.1 Å². The molecule has 5 nitrogen and oxygen atoms in total. The maximum atomic E-state index is 13.1. The molecule has 0 saturated carbocycles. The van der Waals surface area contributed by atoms with Gasteiger partial charge in [-0.2, -0.15) is 0 Å². The number of benzene rings is 2. The van der Waals surface area contributed by atoms with Gasteiger partial charge >= 0.3 is 0 Å². The minimum Gasteiger partial charge on any atom is -0.377 e. The molecule has 0 aromatic heterocycles. The summed E-state index contributed by atoms with van der Waals surface area (Å²) >= 11 is 0. The summed E-state index contributed by atoms with van der Waals surface area (Å²) in [6.07, 6.45) is 0.0437. The zero-order chi connectivity index (χ0) is 20.3. The number of anilines is 1. The van der Waals surface area contributed by atoms with Gasteiger partial charge in [0.25, 0.3) is 11.8 Å². The molecule has 5 heteroatoms. The van der Waals surface area contributed by atoms with E-state index in [1.165, 1.54) is 4.90 Å². The number of carbonyl (C=O) groups excluding carboxylic acids is 2. The number of amides is 2. The number of nitrogens with zero attached hydrogens (tertiary/aromatic N) is 1. The second kappa shape index (κ2) is 8.40. The van der Waals surface area contributed by atoms with Gasteiger partial charge in [-0.25, -0.2) is 0 Å². The van der Waals surface area contributed by atoms with Crippen LogP contribution in [0.4, 0.5) is 5.69 Å². The van der Waals surface area contributed by atoms with Crippen LogP contribution < -0.4 is 5.32 Å². The van der Waals surface area contributed by atoms with Gasteiger partial charge in [0.15, 0.2) is 0 Å². The Bertz CT molecular complexity index is 914. The third-order valence-corrected chi connectivity index (χ3v) is 4.56. The lowest BCUT2D eigenvalue weighted by molar-refractivity contribution is -0.137. The quantitative estimate of drug-likeness (QED) is 0.742. The summed E-state index contributed by atoms with van der Waals surface area (Å²) in [6, 6.07) is 15.4. The maximum absolute atomic E-state index is 13.1. The first-order valence-electron chi connectivity index (χ1n) is 9.49. The smallest absolute Gasteiger partial charge is 0.278 e. The fourth-order valence-electron chi connectivity index (χ4n) is 3.13. The number of imide groups is 1. The average Bonchev–Trinajstić information content (AvgIpc) is 2.87. The minimum absolute atomic E-state index is 0.0437. The monoisotopic (exact) mass is 378 g/mol. The van der Waals surface area contributed by atoms with E-state index in [1.807, 2.05) is 76.2 Å². The zero-order valence-electron chi connectivity index (χ0n) is 16.8. The molecule has 0 unspecified atom stereocenters. The Balaban J connectivity index is 1.96.